The fraction of sp³-hybridized carbons (Fsp3) is 0.146. The van der Waals surface area contributed by atoms with Gasteiger partial charge in [-0.15, -0.1) is 10.2 Å². The van der Waals surface area contributed by atoms with Crippen molar-refractivity contribution in [3.63, 3.8) is 0 Å². The number of aromatic nitrogens is 2. The molecule has 4 heterocycles. The first-order valence-electron chi connectivity index (χ1n) is 16.6. The van der Waals surface area contributed by atoms with Crippen molar-refractivity contribution in [3.05, 3.63) is 158 Å². The van der Waals surface area contributed by atoms with E-state index in [-0.39, 0.29) is 23.0 Å². The van der Waals surface area contributed by atoms with Crippen LogP contribution in [-0.4, -0.2) is 22.0 Å². The molecule has 0 saturated carbocycles. The van der Waals surface area contributed by atoms with Gasteiger partial charge < -0.3 is 9.32 Å². The molecule has 5 aromatic carbocycles. The van der Waals surface area contributed by atoms with E-state index >= 15 is 4.79 Å². The van der Waals surface area contributed by atoms with Gasteiger partial charge in [0.25, 0.3) is 11.8 Å². The Hall–Kier alpha value is -5.58. The van der Waals surface area contributed by atoms with Gasteiger partial charge in [0.05, 0.1) is 23.2 Å². The fourth-order valence-corrected chi connectivity index (χ4v) is 9.26. The summed E-state index contributed by atoms with van der Waals surface area (Å²) < 4.78 is 6.97. The lowest BCUT2D eigenvalue weighted by Gasteiger charge is -2.32. The van der Waals surface area contributed by atoms with Crippen molar-refractivity contribution in [2.45, 2.75) is 42.9 Å². The second kappa shape index (κ2) is 11.8. The highest BCUT2D eigenvalue weighted by molar-refractivity contribution is 8.00. The second-order valence-electron chi connectivity index (χ2n) is 13.1. The molecule has 2 amide bonds. The van der Waals surface area contributed by atoms with E-state index in [1.807, 2.05) is 87.5 Å². The van der Waals surface area contributed by atoms with E-state index in [1.54, 1.807) is 17.0 Å². The van der Waals surface area contributed by atoms with E-state index in [2.05, 4.69) is 34.5 Å². The van der Waals surface area contributed by atoms with Crippen LogP contribution >= 0.6 is 23.1 Å². The number of hydrogen-bond donors (Lipinski definition) is 0. The lowest BCUT2D eigenvalue weighted by Crippen LogP contribution is -2.53. The standard InChI is InChI=1S/C41H30N4O4S2/c1-23-15-17-26(18-16-23)21-44-32-14-7-6-13-31(32)41(38(44)48)34-35(46)30-19-24(2)25(3)20-33(30)49-36(34)37(47)45(41)39-42-43-40(51-39)50-22-28-11-8-10-27-9-4-5-12-29(27)28/h4-20H,21-22H2,1-3H3. The maximum atomic E-state index is 15.3. The molecular formula is C41H30N4O4S2. The largest absolute Gasteiger partial charge is 0.450 e. The van der Waals surface area contributed by atoms with Crippen LogP contribution in [0.15, 0.2) is 117 Å². The van der Waals surface area contributed by atoms with Crippen LogP contribution in [0.3, 0.4) is 0 Å². The summed E-state index contributed by atoms with van der Waals surface area (Å²) in [4.78, 5) is 47.8. The van der Waals surface area contributed by atoms with Crippen LogP contribution < -0.4 is 15.2 Å². The molecule has 1 atom stereocenters. The number of carbonyl (C=O) groups excluding carboxylic acids is 2. The molecule has 0 saturated heterocycles. The minimum atomic E-state index is -1.85. The third-order valence-electron chi connectivity index (χ3n) is 10.0. The predicted molar refractivity (Wildman–Crippen MR) is 202 cm³/mol. The van der Waals surface area contributed by atoms with Crippen LogP contribution in [0.5, 0.6) is 0 Å². The van der Waals surface area contributed by atoms with Crippen molar-refractivity contribution in [1.29, 1.82) is 0 Å². The van der Waals surface area contributed by atoms with Crippen molar-refractivity contribution in [3.8, 4) is 0 Å². The minimum absolute atomic E-state index is 0.00673. The Balaban J connectivity index is 1.21. The smallest absolute Gasteiger partial charge is 0.297 e. The first kappa shape index (κ1) is 31.4. The molecular weight excluding hydrogens is 677 g/mol. The highest BCUT2D eigenvalue weighted by atomic mass is 32.2. The Kier molecular flexibility index (Phi) is 7.24. The third-order valence-corrected chi connectivity index (χ3v) is 12.1. The van der Waals surface area contributed by atoms with Crippen molar-refractivity contribution < 1.29 is 14.0 Å². The lowest BCUT2D eigenvalue weighted by molar-refractivity contribution is -0.121. The molecule has 0 N–H and O–H groups in total. The topological polar surface area (TPSA) is 96.6 Å². The second-order valence-corrected chi connectivity index (χ2v) is 15.3. The van der Waals surface area contributed by atoms with Crippen LogP contribution in [0.4, 0.5) is 10.8 Å². The van der Waals surface area contributed by atoms with Crippen molar-refractivity contribution >= 4 is 67.5 Å². The molecule has 8 nitrogen and oxygen atoms in total. The van der Waals surface area contributed by atoms with Gasteiger partial charge in [0.15, 0.2) is 15.3 Å². The van der Waals surface area contributed by atoms with Gasteiger partial charge in [0.1, 0.15) is 5.58 Å². The Bertz CT molecular complexity index is 2640. The van der Waals surface area contributed by atoms with Gasteiger partial charge in [-0.05, 0) is 72.0 Å². The number of carbonyl (C=O) groups is 2. The number of nitrogens with zero attached hydrogens (tertiary/aromatic N) is 4. The summed E-state index contributed by atoms with van der Waals surface area (Å²) in [5, 5.41) is 11.8. The Morgan fingerprint density at radius 3 is 2.39 bits per heavy atom. The average molecular weight is 707 g/mol. The Morgan fingerprint density at radius 2 is 1.55 bits per heavy atom. The van der Waals surface area contributed by atoms with E-state index in [4.69, 9.17) is 4.42 Å². The number of hydrogen-bond acceptors (Lipinski definition) is 8. The molecule has 7 aromatic rings. The van der Waals surface area contributed by atoms with Crippen molar-refractivity contribution in [2.75, 3.05) is 9.80 Å². The van der Waals surface area contributed by atoms with Crippen LogP contribution in [0.2, 0.25) is 0 Å². The number of anilines is 2. The summed E-state index contributed by atoms with van der Waals surface area (Å²) in [6.45, 7) is 6.11. The highest BCUT2D eigenvalue weighted by Gasteiger charge is 2.66. The minimum Gasteiger partial charge on any atom is -0.450 e. The average Bonchev–Trinajstić information content (AvgIpc) is 3.78. The zero-order valence-electron chi connectivity index (χ0n) is 28.0. The van der Waals surface area contributed by atoms with E-state index in [1.165, 1.54) is 28.0 Å². The summed E-state index contributed by atoms with van der Waals surface area (Å²) >= 11 is 2.73. The Morgan fingerprint density at radius 1 is 0.804 bits per heavy atom. The van der Waals surface area contributed by atoms with Gasteiger partial charge in [-0.25, -0.2) is 0 Å². The molecule has 2 aromatic heterocycles. The number of rotatable bonds is 6. The van der Waals surface area contributed by atoms with Gasteiger partial charge >= 0.3 is 0 Å². The maximum Gasteiger partial charge on any atom is 0.297 e. The molecule has 2 aliphatic rings. The van der Waals surface area contributed by atoms with Crippen molar-refractivity contribution in [2.24, 2.45) is 0 Å². The number of aryl methyl sites for hydroxylation is 3. The van der Waals surface area contributed by atoms with Crippen LogP contribution in [0.25, 0.3) is 21.7 Å². The molecule has 250 valence electrons. The van der Waals surface area contributed by atoms with Gasteiger partial charge in [0.2, 0.25) is 10.9 Å². The van der Waals surface area contributed by atoms with Gasteiger partial charge in [-0.1, -0.05) is 114 Å². The molecule has 0 radical (unpaired) electrons. The van der Waals surface area contributed by atoms with Crippen LogP contribution in [0, 0.1) is 20.8 Å². The third kappa shape index (κ3) is 4.70. The SMILES string of the molecule is Cc1ccc(CN2C(=O)C3(c4ccccc42)c2c(oc4cc(C)c(C)cc4c2=O)C(=O)N3c2nnc(SCc3cccc4ccccc34)s2)cc1. The zero-order chi connectivity index (χ0) is 35.0. The number of benzene rings is 5. The van der Waals surface area contributed by atoms with Crippen LogP contribution in [-0.2, 0) is 22.6 Å². The van der Waals surface area contributed by atoms with E-state index < -0.39 is 22.8 Å². The number of thioether (sulfide) groups is 1. The molecule has 0 aliphatic carbocycles. The quantitative estimate of drug-likeness (QED) is 0.126. The first-order valence-corrected chi connectivity index (χ1v) is 18.4. The molecule has 2 aliphatic heterocycles. The van der Waals surface area contributed by atoms with Gasteiger partial charge in [-0.3, -0.25) is 19.3 Å². The molecule has 9 rings (SSSR count). The van der Waals surface area contributed by atoms with Gasteiger partial charge in [0, 0.05) is 11.3 Å². The molecule has 51 heavy (non-hydrogen) atoms. The number of amides is 2. The summed E-state index contributed by atoms with van der Waals surface area (Å²) in [5.74, 6) is -0.557. The Labute approximate surface area is 301 Å². The highest BCUT2D eigenvalue weighted by Crippen LogP contribution is 2.55. The van der Waals surface area contributed by atoms with E-state index in [0.29, 0.717) is 32.3 Å². The number of para-hydroxylation sites is 1. The molecule has 10 heteroatoms. The predicted octanol–water partition coefficient (Wildman–Crippen LogP) is 8.47. The monoisotopic (exact) mass is 706 g/mol. The van der Waals surface area contributed by atoms with E-state index in [0.717, 1.165) is 38.6 Å². The first-order chi connectivity index (χ1) is 24.8. The molecule has 0 bridgehead atoms. The summed E-state index contributed by atoms with van der Waals surface area (Å²) in [5.41, 5.74) is 4.16. The molecule has 1 spiro atoms. The molecule has 1 unspecified atom stereocenters. The summed E-state index contributed by atoms with van der Waals surface area (Å²) in [7, 11) is 0. The normalized spacial score (nSPS) is 16.5. The zero-order valence-corrected chi connectivity index (χ0v) is 29.6. The summed E-state index contributed by atoms with van der Waals surface area (Å²) in [6.07, 6.45) is 0. The number of fused-ring (bicyclic) bond motifs is 6. The fourth-order valence-electron chi connectivity index (χ4n) is 7.36. The van der Waals surface area contributed by atoms with E-state index in [9.17, 15) is 9.59 Å². The van der Waals surface area contributed by atoms with Crippen LogP contribution in [0.1, 0.15) is 49.5 Å². The van der Waals surface area contributed by atoms with Gasteiger partial charge in [-0.2, -0.15) is 0 Å². The van der Waals surface area contributed by atoms with Crippen molar-refractivity contribution in [1.82, 2.24) is 10.2 Å². The summed E-state index contributed by atoms with van der Waals surface area (Å²) in [6, 6.07) is 33.3. The maximum absolute atomic E-state index is 15.3. The lowest BCUT2D eigenvalue weighted by atomic mass is 9.84. The molecule has 0 fully saturated rings.